The van der Waals surface area contributed by atoms with Gasteiger partial charge in [-0.15, -0.1) is 0 Å². The number of nitrogens with one attached hydrogen (secondary N) is 1. The van der Waals surface area contributed by atoms with Gasteiger partial charge >= 0.3 is 6.09 Å². The van der Waals surface area contributed by atoms with E-state index in [1.807, 2.05) is 6.92 Å². The zero-order chi connectivity index (χ0) is 12.5. The third-order valence-electron chi connectivity index (χ3n) is 3.01. The number of aromatic nitrogens is 1. The summed E-state index contributed by atoms with van der Waals surface area (Å²) in [6, 6.07) is 3.33. The Morgan fingerprint density at radius 1 is 1.76 bits per heavy atom. The van der Waals surface area contributed by atoms with Crippen molar-refractivity contribution in [3.8, 4) is 5.75 Å². The van der Waals surface area contributed by atoms with Crippen LogP contribution in [-0.2, 0) is 0 Å². The maximum Gasteiger partial charge on any atom is 0.405 e. The number of nitrogens with zero attached hydrogens (tertiary/aromatic N) is 1. The van der Waals surface area contributed by atoms with Gasteiger partial charge in [0.2, 0.25) is 0 Å². The molecule has 1 amide bonds. The molecule has 5 nitrogen and oxygen atoms in total. The fraction of sp³-hybridized carbons (Fsp3) is 0.455. The average molecular weight is 257 g/mol. The fourth-order valence-corrected chi connectivity index (χ4v) is 1.88. The van der Waals surface area contributed by atoms with E-state index >= 15 is 0 Å². The molecule has 0 spiro atoms. The summed E-state index contributed by atoms with van der Waals surface area (Å²) in [6.07, 6.45) is 1.29. The van der Waals surface area contributed by atoms with Gasteiger partial charge in [-0.25, -0.2) is 9.78 Å². The monoisotopic (exact) mass is 256 g/mol. The van der Waals surface area contributed by atoms with Crippen molar-refractivity contribution in [1.82, 2.24) is 10.3 Å². The maximum atomic E-state index is 10.7. The lowest BCUT2D eigenvalue weighted by molar-refractivity contribution is 0.174. The Morgan fingerprint density at radius 3 is 2.94 bits per heavy atom. The van der Waals surface area contributed by atoms with Crippen molar-refractivity contribution in [2.75, 3.05) is 6.61 Å². The number of halogens is 1. The normalized spacial score (nSPS) is 26.4. The van der Waals surface area contributed by atoms with Crippen LogP contribution >= 0.6 is 11.6 Å². The van der Waals surface area contributed by atoms with E-state index in [2.05, 4.69) is 10.3 Å². The van der Waals surface area contributed by atoms with Crippen LogP contribution in [0.15, 0.2) is 18.3 Å². The molecule has 0 radical (unpaired) electrons. The Hall–Kier alpha value is -1.49. The summed E-state index contributed by atoms with van der Waals surface area (Å²) in [5.41, 5.74) is -0.453. The molecule has 1 fully saturated rings. The van der Waals surface area contributed by atoms with Crippen LogP contribution in [0.5, 0.6) is 5.75 Å². The predicted molar refractivity (Wildman–Crippen MR) is 62.4 cm³/mol. The second-order valence-electron chi connectivity index (χ2n) is 4.30. The molecule has 2 rings (SSSR count). The van der Waals surface area contributed by atoms with E-state index in [-0.39, 0.29) is 0 Å². The standard InChI is InChI=1S/C11H13ClN2O3/c1-7-4-11(7,14-10(15)16)6-17-8-2-3-9(12)13-5-8/h2-3,5,7,14H,4,6H2,1H3,(H,15,16)/t7-,11+/m1/s1. The molecule has 2 atom stereocenters. The zero-order valence-corrected chi connectivity index (χ0v) is 10.1. The number of amides is 1. The maximum absolute atomic E-state index is 10.7. The molecular formula is C11H13ClN2O3. The van der Waals surface area contributed by atoms with Gasteiger partial charge in [-0.2, -0.15) is 0 Å². The molecule has 0 aromatic carbocycles. The number of hydrogen-bond acceptors (Lipinski definition) is 3. The molecule has 1 saturated carbocycles. The van der Waals surface area contributed by atoms with Crippen molar-refractivity contribution in [2.24, 2.45) is 5.92 Å². The molecule has 1 aromatic heterocycles. The van der Waals surface area contributed by atoms with E-state index < -0.39 is 11.6 Å². The third kappa shape index (κ3) is 2.79. The lowest BCUT2D eigenvalue weighted by Crippen LogP contribution is -2.42. The number of hydrogen-bond donors (Lipinski definition) is 2. The summed E-state index contributed by atoms with van der Waals surface area (Å²) in [6.45, 7) is 2.29. The molecule has 1 heterocycles. The van der Waals surface area contributed by atoms with Crippen molar-refractivity contribution in [3.05, 3.63) is 23.5 Å². The Kier molecular flexibility index (Phi) is 3.11. The Morgan fingerprint density at radius 2 is 2.47 bits per heavy atom. The summed E-state index contributed by atoms with van der Waals surface area (Å²) >= 11 is 5.65. The number of carboxylic acid groups (broad SMARTS) is 1. The summed E-state index contributed by atoms with van der Waals surface area (Å²) < 4.78 is 5.51. The first-order valence-corrected chi connectivity index (χ1v) is 5.65. The summed E-state index contributed by atoms with van der Waals surface area (Å²) in [4.78, 5) is 14.5. The van der Waals surface area contributed by atoms with Crippen LogP contribution in [-0.4, -0.2) is 28.3 Å². The van der Waals surface area contributed by atoms with Crippen molar-refractivity contribution >= 4 is 17.7 Å². The number of ether oxygens (including phenoxy) is 1. The largest absolute Gasteiger partial charge is 0.490 e. The van der Waals surface area contributed by atoms with Crippen LogP contribution < -0.4 is 10.1 Å². The van der Waals surface area contributed by atoms with E-state index in [1.54, 1.807) is 12.1 Å². The predicted octanol–water partition coefficient (Wildman–Crippen LogP) is 2.16. The minimum Gasteiger partial charge on any atom is -0.490 e. The lowest BCUT2D eigenvalue weighted by atomic mass is 10.2. The quantitative estimate of drug-likeness (QED) is 0.810. The first-order chi connectivity index (χ1) is 8.02. The summed E-state index contributed by atoms with van der Waals surface area (Å²) in [5, 5.41) is 11.6. The number of carbonyl (C=O) groups is 1. The van der Waals surface area contributed by atoms with Gasteiger partial charge < -0.3 is 15.2 Å². The molecule has 6 heteroatoms. The molecule has 0 saturated heterocycles. The third-order valence-corrected chi connectivity index (χ3v) is 3.23. The molecule has 0 bridgehead atoms. The minimum atomic E-state index is -1.02. The van der Waals surface area contributed by atoms with Crippen LogP contribution in [0.1, 0.15) is 13.3 Å². The van der Waals surface area contributed by atoms with Crippen LogP contribution in [0.25, 0.3) is 0 Å². The van der Waals surface area contributed by atoms with Crippen molar-refractivity contribution in [3.63, 3.8) is 0 Å². The smallest absolute Gasteiger partial charge is 0.405 e. The SMILES string of the molecule is C[C@@H]1C[C@@]1(COc1ccc(Cl)nc1)NC(=O)O. The minimum absolute atomic E-state index is 0.291. The summed E-state index contributed by atoms with van der Waals surface area (Å²) in [5.74, 6) is 0.874. The number of pyridine rings is 1. The molecule has 92 valence electrons. The molecule has 1 aliphatic rings. The second kappa shape index (κ2) is 4.41. The van der Waals surface area contributed by atoms with Crippen LogP contribution in [0.4, 0.5) is 4.79 Å². The van der Waals surface area contributed by atoms with E-state index in [4.69, 9.17) is 21.4 Å². The van der Waals surface area contributed by atoms with Crippen LogP contribution in [0.2, 0.25) is 5.15 Å². The van der Waals surface area contributed by atoms with Gasteiger partial charge in [0.1, 0.15) is 17.5 Å². The Bertz CT molecular complexity index is 423. The summed E-state index contributed by atoms with van der Waals surface area (Å²) in [7, 11) is 0. The van der Waals surface area contributed by atoms with Gasteiger partial charge in [0.25, 0.3) is 0 Å². The van der Waals surface area contributed by atoms with Gasteiger partial charge in [0.05, 0.1) is 11.7 Å². The van der Waals surface area contributed by atoms with Gasteiger partial charge in [0.15, 0.2) is 0 Å². The van der Waals surface area contributed by atoms with Gasteiger partial charge in [0, 0.05) is 0 Å². The van der Waals surface area contributed by atoms with Gasteiger partial charge in [-0.1, -0.05) is 18.5 Å². The molecule has 0 aliphatic heterocycles. The topological polar surface area (TPSA) is 71.5 Å². The van der Waals surface area contributed by atoms with Crippen molar-refractivity contribution in [1.29, 1.82) is 0 Å². The second-order valence-corrected chi connectivity index (χ2v) is 4.68. The number of rotatable bonds is 4. The Labute approximate surface area is 104 Å². The van der Waals surface area contributed by atoms with Crippen molar-refractivity contribution in [2.45, 2.75) is 18.9 Å². The molecule has 2 N–H and O–H groups in total. The van der Waals surface area contributed by atoms with E-state index in [0.717, 1.165) is 6.42 Å². The fourth-order valence-electron chi connectivity index (χ4n) is 1.77. The first kappa shape index (κ1) is 12.0. The van der Waals surface area contributed by atoms with Crippen LogP contribution in [0.3, 0.4) is 0 Å². The zero-order valence-electron chi connectivity index (χ0n) is 9.31. The first-order valence-electron chi connectivity index (χ1n) is 5.27. The van der Waals surface area contributed by atoms with Crippen LogP contribution in [0, 0.1) is 5.92 Å². The van der Waals surface area contributed by atoms with E-state index in [9.17, 15) is 4.79 Å². The average Bonchev–Trinajstić information content (AvgIpc) is 2.87. The van der Waals surface area contributed by atoms with Crippen molar-refractivity contribution < 1.29 is 14.6 Å². The van der Waals surface area contributed by atoms with E-state index in [1.165, 1.54) is 6.20 Å². The molecule has 1 aromatic rings. The Balaban J connectivity index is 1.93. The molecular weight excluding hydrogens is 244 g/mol. The van der Waals surface area contributed by atoms with Gasteiger partial charge in [-0.05, 0) is 24.5 Å². The highest BCUT2D eigenvalue weighted by Gasteiger charge is 2.53. The van der Waals surface area contributed by atoms with E-state index in [0.29, 0.717) is 23.4 Å². The molecule has 0 unspecified atom stereocenters. The molecule has 1 aliphatic carbocycles. The van der Waals surface area contributed by atoms with Gasteiger partial charge in [-0.3, -0.25) is 0 Å². The highest BCUT2D eigenvalue weighted by atomic mass is 35.5. The lowest BCUT2D eigenvalue weighted by Gasteiger charge is -2.17. The highest BCUT2D eigenvalue weighted by Crippen LogP contribution is 2.43. The molecule has 17 heavy (non-hydrogen) atoms. The highest BCUT2D eigenvalue weighted by molar-refractivity contribution is 6.29.